The summed E-state index contributed by atoms with van der Waals surface area (Å²) in [7, 11) is 0. The van der Waals surface area contributed by atoms with Gasteiger partial charge in [0, 0.05) is 13.2 Å². The van der Waals surface area contributed by atoms with Crippen molar-refractivity contribution < 1.29 is 14.9 Å². The first-order chi connectivity index (χ1) is 3.91. The minimum absolute atomic E-state index is 0.138. The molecule has 0 saturated heterocycles. The van der Waals surface area contributed by atoms with E-state index in [1.165, 1.54) is 0 Å². The summed E-state index contributed by atoms with van der Waals surface area (Å²) in [4.78, 5) is 0. The van der Waals surface area contributed by atoms with Crippen molar-refractivity contribution in [1.29, 1.82) is 0 Å². The number of ether oxygens (including phenoxy) is 1. The quantitative estimate of drug-likeness (QED) is 0.510. The van der Waals surface area contributed by atoms with Crippen molar-refractivity contribution in [3.8, 4) is 0 Å². The van der Waals surface area contributed by atoms with Gasteiger partial charge in [0.1, 0.15) is 6.61 Å². The van der Waals surface area contributed by atoms with E-state index in [4.69, 9.17) is 9.84 Å². The van der Waals surface area contributed by atoms with E-state index >= 15 is 0 Å². The third kappa shape index (κ3) is 5.88. The predicted octanol–water partition coefficient (Wildman–Crippen LogP) is -0.184. The summed E-state index contributed by atoms with van der Waals surface area (Å²) in [6.45, 7) is 0.711. The highest BCUT2D eigenvalue weighted by Crippen LogP contribution is 1.78. The number of aliphatic hydroxyl groups is 1. The lowest BCUT2D eigenvalue weighted by Crippen LogP contribution is -2.00. The molecule has 8 heavy (non-hydrogen) atoms. The first-order valence-electron chi connectivity index (χ1n) is 2.68. The molecule has 0 aromatic carbocycles. The monoisotopic (exact) mass is 119 g/mol. The highest BCUT2D eigenvalue weighted by atomic mass is 16.5. The largest absolute Gasteiger partial charge is 0.396 e. The summed E-state index contributed by atoms with van der Waals surface area (Å²) in [5.74, 6) is 0. The molecule has 3 nitrogen and oxygen atoms in total. The molecule has 0 aromatic rings. The topological polar surface area (TPSA) is 49.4 Å². The zero-order chi connectivity index (χ0) is 6.24. The Balaban J connectivity index is 2.53. The van der Waals surface area contributed by atoms with Crippen LogP contribution < -0.4 is 0 Å². The fraction of sp³-hybridized carbons (Fsp3) is 1.00. The van der Waals surface area contributed by atoms with Crippen LogP contribution in [0.4, 0.5) is 0 Å². The summed E-state index contributed by atoms with van der Waals surface area (Å²) < 4.78 is 4.75. The summed E-state index contributed by atoms with van der Waals surface area (Å²) >= 11 is 0. The lowest BCUT2D eigenvalue weighted by Gasteiger charge is -1.96. The molecular weight excluding hydrogens is 108 g/mol. The van der Waals surface area contributed by atoms with Crippen LogP contribution in [0, 0.1) is 0 Å². The second kappa shape index (κ2) is 6.88. The van der Waals surface area contributed by atoms with Gasteiger partial charge >= 0.3 is 0 Å². The van der Waals surface area contributed by atoms with Crippen molar-refractivity contribution in [3.05, 3.63) is 0 Å². The molecule has 0 rings (SSSR count). The zero-order valence-electron chi connectivity index (χ0n) is 4.80. The Morgan fingerprint density at radius 2 is 2.12 bits per heavy atom. The minimum atomic E-state index is -0.189. The van der Waals surface area contributed by atoms with E-state index < -0.39 is 0 Å². The van der Waals surface area contributed by atoms with Crippen LogP contribution >= 0.6 is 0 Å². The van der Waals surface area contributed by atoms with Gasteiger partial charge in [0.05, 0.1) is 6.61 Å². The van der Waals surface area contributed by atoms with Gasteiger partial charge in [0.25, 0.3) is 0 Å². The summed E-state index contributed by atoms with van der Waals surface area (Å²) in [5, 5.41) is 17.9. The number of aliphatic hydroxyl groups excluding tert-OH is 1. The van der Waals surface area contributed by atoms with Gasteiger partial charge in [-0.2, -0.15) is 0 Å². The highest BCUT2D eigenvalue weighted by molar-refractivity contribution is 4.30. The van der Waals surface area contributed by atoms with E-state index in [1.807, 2.05) is 0 Å². The molecule has 1 N–H and O–H groups in total. The van der Waals surface area contributed by atoms with Gasteiger partial charge in [-0.15, -0.1) is 0 Å². The summed E-state index contributed by atoms with van der Waals surface area (Å²) in [6.07, 6.45) is 0.625. The predicted molar refractivity (Wildman–Crippen MR) is 28.1 cm³/mol. The van der Waals surface area contributed by atoms with E-state index in [-0.39, 0.29) is 19.8 Å². The van der Waals surface area contributed by atoms with E-state index in [2.05, 4.69) is 0 Å². The Labute approximate surface area is 48.9 Å². The van der Waals surface area contributed by atoms with Gasteiger partial charge in [0.15, 0.2) is 0 Å². The maximum absolute atomic E-state index is 9.71. The molecule has 0 heterocycles. The van der Waals surface area contributed by atoms with Crippen molar-refractivity contribution in [2.24, 2.45) is 0 Å². The molecular formula is C5H11O3. The molecule has 0 fully saturated rings. The molecule has 0 aliphatic heterocycles. The Bertz CT molecular complexity index is 32.7. The summed E-state index contributed by atoms with van der Waals surface area (Å²) in [6, 6.07) is 0. The van der Waals surface area contributed by atoms with E-state index in [0.717, 1.165) is 0 Å². The van der Waals surface area contributed by atoms with Crippen LogP contribution in [0.15, 0.2) is 0 Å². The van der Waals surface area contributed by atoms with Crippen LogP contribution in [0.25, 0.3) is 0 Å². The van der Waals surface area contributed by atoms with Crippen molar-refractivity contribution in [3.63, 3.8) is 0 Å². The maximum Gasteiger partial charge on any atom is 0.106 e. The van der Waals surface area contributed by atoms with Gasteiger partial charge < -0.3 is 9.84 Å². The third-order valence-corrected chi connectivity index (χ3v) is 0.674. The molecule has 3 heteroatoms. The molecule has 0 aromatic heterocycles. The van der Waals surface area contributed by atoms with Crippen molar-refractivity contribution in [2.45, 2.75) is 6.42 Å². The van der Waals surface area contributed by atoms with Crippen LogP contribution in [0.2, 0.25) is 0 Å². The second-order valence-corrected chi connectivity index (χ2v) is 1.39. The number of hydrogen-bond donors (Lipinski definition) is 1. The zero-order valence-corrected chi connectivity index (χ0v) is 4.80. The van der Waals surface area contributed by atoms with Crippen molar-refractivity contribution in [2.75, 3.05) is 26.4 Å². The Morgan fingerprint density at radius 3 is 2.62 bits per heavy atom. The molecule has 0 unspecified atom stereocenters. The van der Waals surface area contributed by atoms with Crippen LogP contribution in [0.5, 0.6) is 0 Å². The molecule has 0 aliphatic rings. The molecule has 49 valence electrons. The van der Waals surface area contributed by atoms with Crippen LogP contribution in [0.3, 0.4) is 0 Å². The SMILES string of the molecule is [O]CCOCCCO. The first kappa shape index (κ1) is 7.88. The van der Waals surface area contributed by atoms with Crippen LogP contribution in [-0.2, 0) is 9.84 Å². The minimum Gasteiger partial charge on any atom is -0.396 e. The van der Waals surface area contributed by atoms with Gasteiger partial charge in [-0.05, 0) is 6.42 Å². The molecule has 1 radical (unpaired) electrons. The maximum atomic E-state index is 9.71. The molecule has 0 atom stereocenters. The van der Waals surface area contributed by atoms with Gasteiger partial charge in [-0.3, -0.25) is 0 Å². The van der Waals surface area contributed by atoms with Gasteiger partial charge in [-0.1, -0.05) is 0 Å². The highest BCUT2D eigenvalue weighted by Gasteiger charge is 1.83. The normalized spacial score (nSPS) is 9.75. The van der Waals surface area contributed by atoms with E-state index in [9.17, 15) is 5.11 Å². The fourth-order valence-electron chi connectivity index (χ4n) is 0.328. The Hall–Kier alpha value is -0.120. The molecule has 0 amide bonds. The summed E-state index contributed by atoms with van der Waals surface area (Å²) in [5.41, 5.74) is 0. The molecule has 0 aliphatic carbocycles. The van der Waals surface area contributed by atoms with E-state index in [1.54, 1.807) is 0 Å². The van der Waals surface area contributed by atoms with Gasteiger partial charge in [-0.25, -0.2) is 5.11 Å². The second-order valence-electron chi connectivity index (χ2n) is 1.39. The standard InChI is InChI=1S/C5H11O3/c6-2-1-4-8-5-3-7/h6H,1-5H2. The molecule has 0 spiro atoms. The Kier molecular flexibility index (Phi) is 6.78. The van der Waals surface area contributed by atoms with Crippen LogP contribution in [-0.4, -0.2) is 31.5 Å². The smallest absolute Gasteiger partial charge is 0.106 e. The van der Waals surface area contributed by atoms with Crippen molar-refractivity contribution in [1.82, 2.24) is 0 Å². The van der Waals surface area contributed by atoms with Crippen LogP contribution in [0.1, 0.15) is 6.42 Å². The van der Waals surface area contributed by atoms with Crippen molar-refractivity contribution >= 4 is 0 Å². The first-order valence-corrected chi connectivity index (χ1v) is 2.68. The third-order valence-electron chi connectivity index (χ3n) is 0.674. The number of rotatable bonds is 5. The fourth-order valence-corrected chi connectivity index (χ4v) is 0.328. The Morgan fingerprint density at radius 1 is 1.38 bits per heavy atom. The average molecular weight is 119 g/mol. The van der Waals surface area contributed by atoms with E-state index in [0.29, 0.717) is 13.0 Å². The molecule has 0 saturated carbocycles. The molecule has 0 bridgehead atoms. The lowest BCUT2D eigenvalue weighted by atomic mass is 10.5. The average Bonchev–Trinajstić information content (AvgIpc) is 1.81. The number of hydrogen-bond acceptors (Lipinski definition) is 2. The lowest BCUT2D eigenvalue weighted by molar-refractivity contribution is 0.0567. The van der Waals surface area contributed by atoms with Gasteiger partial charge in [0.2, 0.25) is 0 Å².